The molecule has 0 saturated carbocycles. The highest BCUT2D eigenvalue weighted by Crippen LogP contribution is 2.38. The number of aromatic nitrogens is 1. The number of allylic oxidation sites excluding steroid dienone is 1. The molecule has 1 aromatic heterocycles. The molecule has 0 bridgehead atoms. The molecule has 1 heterocycles. The summed E-state index contributed by atoms with van der Waals surface area (Å²) in [5, 5.41) is 29.1. The number of hydrogen-bond donors (Lipinski definition) is 3. The van der Waals surface area contributed by atoms with E-state index in [1.165, 1.54) is 6.07 Å². The number of aromatic amines is 1. The van der Waals surface area contributed by atoms with Crippen LogP contribution in [-0.2, 0) is 6.42 Å². The highest BCUT2D eigenvalue weighted by Gasteiger charge is 2.21. The number of nitrogens with two attached hydrogens (primary N) is 1. The molecule has 0 aliphatic heterocycles. The van der Waals surface area contributed by atoms with Crippen molar-refractivity contribution in [2.75, 3.05) is 12.3 Å². The number of benzene rings is 1. The second kappa shape index (κ2) is 7.24. The van der Waals surface area contributed by atoms with Gasteiger partial charge in [-0.05, 0) is 31.0 Å². The number of pyridine rings is 1. The zero-order chi connectivity index (χ0) is 18.6. The maximum absolute atomic E-state index is 12.1. The Morgan fingerprint density at radius 3 is 2.60 bits per heavy atom. The van der Waals surface area contributed by atoms with E-state index in [1.54, 1.807) is 19.1 Å². The number of anilines is 1. The van der Waals surface area contributed by atoms with E-state index in [2.05, 4.69) is 11.6 Å². The number of nitrogens with zero attached hydrogens (tertiary/aromatic N) is 2. The van der Waals surface area contributed by atoms with Crippen LogP contribution in [0.15, 0.2) is 29.6 Å². The standard InChI is InChI=1S/C18H16N4O3/c1-3-5-10-6-11(7-14(16(10)23)25-4-2)15-12(8-19)17(21)22-18(24)13(15)9-20/h3,6-7,23H,1,4-5H2,2H3,(H3,21,22,24). The lowest BCUT2D eigenvalue weighted by molar-refractivity contribution is 0.317. The van der Waals surface area contributed by atoms with Crippen LogP contribution in [0, 0.1) is 22.7 Å². The van der Waals surface area contributed by atoms with E-state index in [4.69, 9.17) is 10.5 Å². The van der Waals surface area contributed by atoms with Crippen LogP contribution in [0.5, 0.6) is 11.5 Å². The lowest BCUT2D eigenvalue weighted by atomic mass is 9.94. The molecular formula is C18H16N4O3. The summed E-state index contributed by atoms with van der Waals surface area (Å²) in [7, 11) is 0. The van der Waals surface area contributed by atoms with Crippen LogP contribution in [0.1, 0.15) is 23.6 Å². The number of nitrogens with one attached hydrogen (secondary N) is 1. The number of nitriles is 2. The van der Waals surface area contributed by atoms with Gasteiger partial charge in [-0.15, -0.1) is 6.58 Å². The Kier molecular flexibility index (Phi) is 5.11. The maximum atomic E-state index is 12.1. The first-order chi connectivity index (χ1) is 12.0. The predicted octanol–water partition coefficient (Wildman–Crippen LogP) is 2.20. The first-order valence-electron chi connectivity index (χ1n) is 7.44. The topological polar surface area (TPSA) is 136 Å². The third-order valence-electron chi connectivity index (χ3n) is 3.57. The van der Waals surface area contributed by atoms with E-state index in [-0.39, 0.29) is 34.0 Å². The molecule has 126 valence electrons. The quantitative estimate of drug-likeness (QED) is 0.716. The van der Waals surface area contributed by atoms with E-state index in [0.717, 1.165) is 0 Å². The van der Waals surface area contributed by atoms with Gasteiger partial charge in [0, 0.05) is 11.1 Å². The summed E-state index contributed by atoms with van der Waals surface area (Å²) < 4.78 is 5.43. The first-order valence-corrected chi connectivity index (χ1v) is 7.44. The van der Waals surface area contributed by atoms with Gasteiger partial charge in [0.25, 0.3) is 5.56 Å². The van der Waals surface area contributed by atoms with Crippen molar-refractivity contribution in [3.05, 3.63) is 51.8 Å². The molecule has 0 amide bonds. The van der Waals surface area contributed by atoms with Crippen molar-refractivity contribution in [2.24, 2.45) is 0 Å². The molecule has 0 unspecified atom stereocenters. The number of hydrogen-bond acceptors (Lipinski definition) is 6. The van der Waals surface area contributed by atoms with Crippen LogP contribution < -0.4 is 16.0 Å². The Morgan fingerprint density at radius 2 is 2.04 bits per heavy atom. The molecule has 1 aromatic carbocycles. The molecule has 4 N–H and O–H groups in total. The van der Waals surface area contributed by atoms with Gasteiger partial charge in [0.15, 0.2) is 11.5 Å². The minimum absolute atomic E-state index is 0.0196. The summed E-state index contributed by atoms with van der Waals surface area (Å²) in [6, 6.07) is 6.77. The van der Waals surface area contributed by atoms with Crippen molar-refractivity contribution >= 4 is 5.82 Å². The molecule has 0 aliphatic carbocycles. The molecule has 0 fully saturated rings. The van der Waals surface area contributed by atoms with Crippen LogP contribution in [0.2, 0.25) is 0 Å². The third kappa shape index (κ3) is 3.17. The minimum Gasteiger partial charge on any atom is -0.504 e. The average Bonchev–Trinajstić information content (AvgIpc) is 2.58. The molecule has 7 nitrogen and oxygen atoms in total. The van der Waals surface area contributed by atoms with Gasteiger partial charge < -0.3 is 20.6 Å². The Morgan fingerprint density at radius 1 is 1.36 bits per heavy atom. The van der Waals surface area contributed by atoms with Crippen LogP contribution in [0.3, 0.4) is 0 Å². The Hall–Kier alpha value is -3.71. The Labute approximate surface area is 144 Å². The lowest BCUT2D eigenvalue weighted by Crippen LogP contribution is -2.16. The fourth-order valence-electron chi connectivity index (χ4n) is 2.52. The van der Waals surface area contributed by atoms with Gasteiger partial charge in [0.1, 0.15) is 29.1 Å². The summed E-state index contributed by atoms with van der Waals surface area (Å²) in [5.74, 6) is 0.00150. The smallest absolute Gasteiger partial charge is 0.268 e. The summed E-state index contributed by atoms with van der Waals surface area (Å²) in [6.45, 7) is 5.70. The number of nitrogen functional groups attached to an aromatic ring is 1. The minimum atomic E-state index is -0.690. The summed E-state index contributed by atoms with van der Waals surface area (Å²) in [6.07, 6.45) is 1.93. The highest BCUT2D eigenvalue weighted by atomic mass is 16.5. The fourth-order valence-corrected chi connectivity index (χ4v) is 2.52. The highest BCUT2D eigenvalue weighted by molar-refractivity contribution is 5.82. The van der Waals surface area contributed by atoms with E-state index < -0.39 is 5.56 Å². The number of rotatable bonds is 5. The molecular weight excluding hydrogens is 320 g/mol. The van der Waals surface area contributed by atoms with Gasteiger partial charge in [-0.3, -0.25) is 4.79 Å². The number of ether oxygens (including phenoxy) is 1. The lowest BCUT2D eigenvalue weighted by Gasteiger charge is -2.14. The third-order valence-corrected chi connectivity index (χ3v) is 3.57. The SMILES string of the molecule is C=CCc1cc(-c2c(C#N)c(N)[nH]c(=O)c2C#N)cc(OCC)c1O. The van der Waals surface area contributed by atoms with Crippen molar-refractivity contribution in [3.8, 4) is 34.8 Å². The largest absolute Gasteiger partial charge is 0.504 e. The maximum Gasteiger partial charge on any atom is 0.268 e. The molecule has 7 heteroatoms. The fraction of sp³-hybridized carbons (Fsp3) is 0.167. The Bertz CT molecular complexity index is 978. The first kappa shape index (κ1) is 17.6. The van der Waals surface area contributed by atoms with Crippen LogP contribution in [0.25, 0.3) is 11.1 Å². The molecule has 25 heavy (non-hydrogen) atoms. The number of aromatic hydroxyl groups is 1. The molecule has 0 aliphatic rings. The van der Waals surface area contributed by atoms with Crippen molar-refractivity contribution in [2.45, 2.75) is 13.3 Å². The molecule has 2 aromatic rings. The van der Waals surface area contributed by atoms with Gasteiger partial charge in [0.05, 0.1) is 6.61 Å². The van der Waals surface area contributed by atoms with Crippen LogP contribution in [0.4, 0.5) is 5.82 Å². The van der Waals surface area contributed by atoms with Crippen molar-refractivity contribution in [1.29, 1.82) is 10.5 Å². The molecule has 2 rings (SSSR count). The Balaban J connectivity index is 2.92. The van der Waals surface area contributed by atoms with Crippen LogP contribution in [-0.4, -0.2) is 16.7 Å². The normalized spacial score (nSPS) is 9.88. The van der Waals surface area contributed by atoms with E-state index in [0.29, 0.717) is 24.2 Å². The van der Waals surface area contributed by atoms with E-state index in [9.17, 15) is 20.4 Å². The molecule has 0 spiro atoms. The van der Waals surface area contributed by atoms with Gasteiger partial charge in [-0.25, -0.2) is 0 Å². The monoisotopic (exact) mass is 336 g/mol. The predicted molar refractivity (Wildman–Crippen MR) is 93.1 cm³/mol. The van der Waals surface area contributed by atoms with Crippen molar-refractivity contribution in [1.82, 2.24) is 4.98 Å². The van der Waals surface area contributed by atoms with Gasteiger partial charge in [-0.2, -0.15) is 10.5 Å². The van der Waals surface area contributed by atoms with Gasteiger partial charge in [0.2, 0.25) is 0 Å². The van der Waals surface area contributed by atoms with Crippen molar-refractivity contribution in [3.63, 3.8) is 0 Å². The van der Waals surface area contributed by atoms with Crippen molar-refractivity contribution < 1.29 is 9.84 Å². The number of phenolic OH excluding ortho intramolecular Hbond substituents is 1. The zero-order valence-electron chi connectivity index (χ0n) is 13.6. The summed E-state index contributed by atoms with van der Waals surface area (Å²) in [5.41, 5.74) is 5.77. The second-order valence-corrected chi connectivity index (χ2v) is 5.12. The summed E-state index contributed by atoms with van der Waals surface area (Å²) in [4.78, 5) is 14.3. The van der Waals surface area contributed by atoms with Gasteiger partial charge in [-0.1, -0.05) is 6.08 Å². The molecule has 0 radical (unpaired) electrons. The van der Waals surface area contributed by atoms with Crippen LogP contribution >= 0.6 is 0 Å². The number of phenols is 1. The average molecular weight is 336 g/mol. The number of H-pyrrole nitrogens is 1. The summed E-state index contributed by atoms with van der Waals surface area (Å²) >= 11 is 0. The van der Waals surface area contributed by atoms with Gasteiger partial charge >= 0.3 is 0 Å². The van der Waals surface area contributed by atoms with E-state index in [1.807, 2.05) is 12.1 Å². The van der Waals surface area contributed by atoms with E-state index >= 15 is 0 Å². The molecule has 0 atom stereocenters. The zero-order valence-corrected chi connectivity index (χ0v) is 13.6. The second-order valence-electron chi connectivity index (χ2n) is 5.12. The molecule has 0 saturated heterocycles.